The molecule has 0 fully saturated rings. The van der Waals surface area contributed by atoms with Gasteiger partial charge in [0.1, 0.15) is 10.4 Å². The summed E-state index contributed by atoms with van der Waals surface area (Å²) in [5, 5.41) is 0. The molecule has 1 aromatic heterocycles. The number of imidazole rings is 1. The van der Waals surface area contributed by atoms with Gasteiger partial charge < -0.3 is 4.57 Å². The van der Waals surface area contributed by atoms with Crippen LogP contribution in [0.15, 0.2) is 28.9 Å². The average molecular weight is 307 g/mol. The molecule has 2 aromatic rings. The molecule has 0 aliphatic carbocycles. The van der Waals surface area contributed by atoms with E-state index in [-0.39, 0.29) is 0 Å². The number of halogens is 1. The molecule has 0 atom stereocenters. The van der Waals surface area contributed by atoms with E-state index in [2.05, 4.69) is 70.6 Å². The lowest BCUT2D eigenvalue weighted by atomic mass is 10.0. The van der Waals surface area contributed by atoms with Crippen molar-refractivity contribution in [2.45, 2.75) is 33.1 Å². The summed E-state index contributed by atoms with van der Waals surface area (Å²) in [6, 6.07) is 8.86. The molecule has 0 aliphatic heterocycles. The Morgan fingerprint density at radius 2 is 1.83 bits per heavy atom. The van der Waals surface area contributed by atoms with Crippen LogP contribution in [-0.4, -0.2) is 9.55 Å². The highest BCUT2D eigenvalue weighted by Gasteiger charge is 2.10. The largest absolute Gasteiger partial charge is 0.334 e. The van der Waals surface area contributed by atoms with Crippen molar-refractivity contribution >= 4 is 15.9 Å². The number of rotatable bonds is 3. The van der Waals surface area contributed by atoms with E-state index in [1.807, 2.05) is 6.92 Å². The Hall–Kier alpha value is -1.09. The summed E-state index contributed by atoms with van der Waals surface area (Å²) in [6.45, 7) is 6.46. The number of nitrogens with zero attached hydrogens (tertiary/aromatic N) is 2. The highest BCUT2D eigenvalue weighted by atomic mass is 79.9. The predicted octanol–water partition coefficient (Wildman–Crippen LogP) is 4.21. The third-order valence-corrected chi connectivity index (χ3v) is 4.04. The third kappa shape index (κ3) is 2.66. The number of aromatic nitrogens is 2. The first-order valence-corrected chi connectivity index (χ1v) is 7.05. The zero-order valence-corrected chi connectivity index (χ0v) is 13.0. The molecular weight excluding hydrogens is 288 g/mol. The van der Waals surface area contributed by atoms with Crippen LogP contribution >= 0.6 is 15.9 Å². The van der Waals surface area contributed by atoms with Gasteiger partial charge in [-0.25, -0.2) is 4.98 Å². The maximum Gasteiger partial charge on any atom is 0.127 e. The fourth-order valence-corrected chi connectivity index (χ4v) is 2.68. The van der Waals surface area contributed by atoms with E-state index >= 15 is 0 Å². The standard InChI is InChI=1S/C15H19BrN2/c1-10(2)13-7-5-12(6-8-13)9-14-15(16)17-11(3)18(14)4/h5-8,10H,9H2,1-4H3. The van der Waals surface area contributed by atoms with Gasteiger partial charge in [0.05, 0.1) is 5.69 Å². The minimum atomic E-state index is 0.588. The first kappa shape index (κ1) is 13.3. The summed E-state index contributed by atoms with van der Waals surface area (Å²) in [5.74, 6) is 1.63. The molecule has 2 nitrogen and oxygen atoms in total. The minimum Gasteiger partial charge on any atom is -0.334 e. The number of aryl methyl sites for hydroxylation is 1. The van der Waals surface area contributed by atoms with Crippen LogP contribution in [0.25, 0.3) is 0 Å². The normalized spacial score (nSPS) is 11.2. The van der Waals surface area contributed by atoms with Gasteiger partial charge in [0.2, 0.25) is 0 Å². The van der Waals surface area contributed by atoms with Crippen LogP contribution in [0.4, 0.5) is 0 Å². The Morgan fingerprint density at radius 1 is 1.22 bits per heavy atom. The van der Waals surface area contributed by atoms with Crippen molar-refractivity contribution in [3.05, 3.63) is 51.5 Å². The highest BCUT2D eigenvalue weighted by Crippen LogP contribution is 2.21. The summed E-state index contributed by atoms with van der Waals surface area (Å²) >= 11 is 3.53. The second kappa shape index (κ2) is 5.27. The van der Waals surface area contributed by atoms with Gasteiger partial charge in [0.15, 0.2) is 0 Å². The zero-order chi connectivity index (χ0) is 13.3. The second-order valence-corrected chi connectivity index (χ2v) is 5.78. The van der Waals surface area contributed by atoms with Gasteiger partial charge in [0.25, 0.3) is 0 Å². The van der Waals surface area contributed by atoms with Gasteiger partial charge in [0, 0.05) is 13.5 Å². The van der Waals surface area contributed by atoms with E-state index in [4.69, 9.17) is 0 Å². The summed E-state index contributed by atoms with van der Waals surface area (Å²) in [6.07, 6.45) is 0.913. The second-order valence-electron chi connectivity index (χ2n) is 5.03. The molecule has 0 bridgehead atoms. The van der Waals surface area contributed by atoms with Crippen LogP contribution in [0, 0.1) is 6.92 Å². The van der Waals surface area contributed by atoms with Crippen molar-refractivity contribution in [3.63, 3.8) is 0 Å². The lowest BCUT2D eigenvalue weighted by Crippen LogP contribution is -2.00. The van der Waals surface area contributed by atoms with Crippen LogP contribution in [-0.2, 0) is 13.5 Å². The zero-order valence-electron chi connectivity index (χ0n) is 11.4. The van der Waals surface area contributed by atoms with Crippen LogP contribution < -0.4 is 0 Å². The summed E-state index contributed by atoms with van der Waals surface area (Å²) in [5.41, 5.74) is 3.94. The van der Waals surface area contributed by atoms with E-state index in [1.54, 1.807) is 0 Å². The van der Waals surface area contributed by atoms with Gasteiger partial charge in [-0.3, -0.25) is 0 Å². The molecule has 1 aromatic carbocycles. The van der Waals surface area contributed by atoms with Gasteiger partial charge in [-0.15, -0.1) is 0 Å². The summed E-state index contributed by atoms with van der Waals surface area (Å²) < 4.78 is 3.09. The van der Waals surface area contributed by atoms with E-state index in [1.165, 1.54) is 16.8 Å². The van der Waals surface area contributed by atoms with Crippen LogP contribution in [0.5, 0.6) is 0 Å². The topological polar surface area (TPSA) is 17.8 Å². The minimum absolute atomic E-state index is 0.588. The fourth-order valence-electron chi connectivity index (χ4n) is 2.02. The molecule has 0 unspecified atom stereocenters. The summed E-state index contributed by atoms with van der Waals surface area (Å²) in [4.78, 5) is 4.43. The molecule has 0 amide bonds. The number of benzene rings is 1. The van der Waals surface area contributed by atoms with E-state index in [0.29, 0.717) is 5.92 Å². The smallest absolute Gasteiger partial charge is 0.127 e. The molecule has 1 heterocycles. The van der Waals surface area contributed by atoms with E-state index in [0.717, 1.165) is 16.8 Å². The Kier molecular flexibility index (Phi) is 3.91. The third-order valence-electron chi connectivity index (χ3n) is 3.41. The lowest BCUT2D eigenvalue weighted by Gasteiger charge is -2.08. The Bertz CT molecular complexity index is 538. The van der Waals surface area contributed by atoms with Crippen molar-refractivity contribution in [3.8, 4) is 0 Å². The molecule has 0 aliphatic rings. The monoisotopic (exact) mass is 306 g/mol. The maximum absolute atomic E-state index is 4.43. The SMILES string of the molecule is Cc1nc(Br)c(Cc2ccc(C(C)C)cc2)n1C. The molecule has 3 heteroatoms. The molecule has 0 saturated heterocycles. The highest BCUT2D eigenvalue weighted by molar-refractivity contribution is 9.10. The predicted molar refractivity (Wildman–Crippen MR) is 79.0 cm³/mol. The van der Waals surface area contributed by atoms with Crippen molar-refractivity contribution in [1.82, 2.24) is 9.55 Å². The molecule has 2 rings (SSSR count). The number of hydrogen-bond donors (Lipinski definition) is 0. The average Bonchev–Trinajstić information content (AvgIpc) is 2.57. The maximum atomic E-state index is 4.43. The molecule has 96 valence electrons. The van der Waals surface area contributed by atoms with Gasteiger partial charge in [-0.1, -0.05) is 38.1 Å². The van der Waals surface area contributed by atoms with Gasteiger partial charge in [-0.05, 0) is 39.9 Å². The molecule has 0 radical (unpaired) electrons. The Balaban J connectivity index is 2.23. The molecular formula is C15H19BrN2. The van der Waals surface area contributed by atoms with Crippen LogP contribution in [0.1, 0.15) is 42.4 Å². The summed E-state index contributed by atoms with van der Waals surface area (Å²) in [7, 11) is 2.06. The van der Waals surface area contributed by atoms with Gasteiger partial charge >= 0.3 is 0 Å². The molecule has 18 heavy (non-hydrogen) atoms. The quantitative estimate of drug-likeness (QED) is 0.831. The van der Waals surface area contributed by atoms with E-state index in [9.17, 15) is 0 Å². The lowest BCUT2D eigenvalue weighted by molar-refractivity contribution is 0.804. The van der Waals surface area contributed by atoms with Crippen molar-refractivity contribution < 1.29 is 0 Å². The van der Waals surface area contributed by atoms with Crippen molar-refractivity contribution in [1.29, 1.82) is 0 Å². The van der Waals surface area contributed by atoms with Crippen molar-refractivity contribution in [2.75, 3.05) is 0 Å². The van der Waals surface area contributed by atoms with Crippen molar-refractivity contribution in [2.24, 2.45) is 7.05 Å². The van der Waals surface area contributed by atoms with Gasteiger partial charge in [-0.2, -0.15) is 0 Å². The van der Waals surface area contributed by atoms with Crippen LogP contribution in [0.2, 0.25) is 0 Å². The van der Waals surface area contributed by atoms with E-state index < -0.39 is 0 Å². The Labute approximate surface area is 117 Å². The first-order valence-electron chi connectivity index (χ1n) is 6.25. The molecule has 0 spiro atoms. The molecule has 0 N–H and O–H groups in total. The number of hydrogen-bond acceptors (Lipinski definition) is 1. The molecule has 0 saturated carbocycles. The fraction of sp³-hybridized carbons (Fsp3) is 0.400. The van der Waals surface area contributed by atoms with Crippen LogP contribution in [0.3, 0.4) is 0 Å². The first-order chi connectivity index (χ1) is 8.49. The Morgan fingerprint density at radius 3 is 2.28 bits per heavy atom.